The summed E-state index contributed by atoms with van der Waals surface area (Å²) < 4.78 is 21.2. The van der Waals surface area contributed by atoms with E-state index in [1.165, 1.54) is 12.1 Å². The van der Waals surface area contributed by atoms with Crippen molar-refractivity contribution in [1.82, 2.24) is 0 Å². The van der Waals surface area contributed by atoms with Crippen molar-refractivity contribution in [3.63, 3.8) is 0 Å². The van der Waals surface area contributed by atoms with Crippen LogP contribution in [0.25, 0.3) is 0 Å². The first-order valence-corrected chi connectivity index (χ1v) is 11.5. The molecule has 2 aliphatic rings. The maximum absolute atomic E-state index is 12.8. The highest BCUT2D eigenvalue weighted by atomic mass is 35.5. The third kappa shape index (κ3) is 5.44. The number of benzene rings is 3. The number of phenolic OH excluding ortho intramolecular Hbond substituents is 1. The van der Waals surface area contributed by atoms with Crippen LogP contribution in [0.2, 0.25) is 10.0 Å². The van der Waals surface area contributed by atoms with Gasteiger partial charge in [0.1, 0.15) is 36.2 Å². The second kappa shape index (κ2) is 10.8. The van der Waals surface area contributed by atoms with Crippen LogP contribution in [0.1, 0.15) is 10.4 Å². The Hall–Kier alpha value is -3.49. The molecule has 0 unspecified atom stereocenters. The van der Waals surface area contributed by atoms with E-state index in [2.05, 4.69) is 5.32 Å². The Morgan fingerprint density at radius 2 is 1.57 bits per heavy atom. The molecular weight excluding hydrogens is 495 g/mol. The molecule has 0 saturated heterocycles. The molecule has 2 heterocycles. The summed E-state index contributed by atoms with van der Waals surface area (Å²) in [6, 6.07) is 13.8. The first-order valence-electron chi connectivity index (χ1n) is 10.8. The van der Waals surface area contributed by atoms with E-state index in [1.807, 2.05) is 18.2 Å². The molecule has 10 heteroatoms. The Labute approximate surface area is 212 Å². The lowest BCUT2D eigenvalue weighted by Gasteiger charge is -2.30. The number of amides is 1. The molecule has 0 bridgehead atoms. The number of phenols is 1. The van der Waals surface area contributed by atoms with E-state index in [1.54, 1.807) is 37.3 Å². The van der Waals surface area contributed by atoms with Crippen LogP contribution in [0.15, 0.2) is 48.5 Å². The SMILES string of the molecule is COc1ccc2c(c1)OCCN2.COc1ccc2c(c1)OCCN2C(=O)c1cc(Cl)c(O)c(Cl)c1. The molecule has 0 aliphatic carbocycles. The smallest absolute Gasteiger partial charge is 0.258 e. The van der Waals surface area contributed by atoms with E-state index in [0.717, 1.165) is 30.3 Å². The van der Waals surface area contributed by atoms with Crippen molar-refractivity contribution in [2.45, 2.75) is 0 Å². The van der Waals surface area contributed by atoms with Crippen LogP contribution < -0.4 is 29.2 Å². The number of aromatic hydroxyl groups is 1. The monoisotopic (exact) mass is 518 g/mol. The number of methoxy groups -OCH3 is 2. The van der Waals surface area contributed by atoms with Crippen molar-refractivity contribution < 1.29 is 28.8 Å². The third-order valence-corrected chi connectivity index (χ3v) is 5.98. The van der Waals surface area contributed by atoms with Gasteiger partial charge in [-0.2, -0.15) is 0 Å². The third-order valence-electron chi connectivity index (χ3n) is 5.40. The van der Waals surface area contributed by atoms with Gasteiger partial charge in [0.2, 0.25) is 0 Å². The van der Waals surface area contributed by atoms with E-state index in [9.17, 15) is 9.90 Å². The van der Waals surface area contributed by atoms with Crippen LogP contribution in [0, 0.1) is 0 Å². The van der Waals surface area contributed by atoms with Gasteiger partial charge in [0.15, 0.2) is 5.75 Å². The summed E-state index contributed by atoms with van der Waals surface area (Å²) in [7, 11) is 3.21. The molecule has 0 spiro atoms. The maximum Gasteiger partial charge on any atom is 0.258 e. The summed E-state index contributed by atoms with van der Waals surface area (Å²) in [5.74, 6) is 2.41. The molecule has 0 aromatic heterocycles. The average molecular weight is 519 g/mol. The number of halogens is 2. The maximum atomic E-state index is 12.8. The van der Waals surface area contributed by atoms with Gasteiger partial charge in [0, 0.05) is 24.2 Å². The average Bonchev–Trinajstić information content (AvgIpc) is 2.90. The number of anilines is 2. The first-order chi connectivity index (χ1) is 16.9. The van der Waals surface area contributed by atoms with Crippen LogP contribution in [0.3, 0.4) is 0 Å². The number of carbonyl (C=O) groups is 1. The lowest BCUT2D eigenvalue weighted by Crippen LogP contribution is -2.37. The fourth-order valence-corrected chi connectivity index (χ4v) is 4.11. The van der Waals surface area contributed by atoms with E-state index in [-0.39, 0.29) is 21.7 Å². The molecule has 0 fully saturated rings. The number of nitrogens with zero attached hydrogens (tertiary/aromatic N) is 1. The zero-order valence-corrected chi connectivity index (χ0v) is 20.7. The molecule has 0 radical (unpaired) electrons. The fraction of sp³-hybridized carbons (Fsp3) is 0.240. The Morgan fingerprint density at radius 1 is 0.943 bits per heavy atom. The zero-order chi connectivity index (χ0) is 24.9. The highest BCUT2D eigenvalue weighted by Gasteiger charge is 2.26. The Kier molecular flexibility index (Phi) is 7.63. The normalized spacial score (nSPS) is 13.5. The number of nitrogens with one attached hydrogen (secondary N) is 1. The van der Waals surface area contributed by atoms with Crippen LogP contribution in [-0.4, -0.2) is 51.5 Å². The quantitative estimate of drug-likeness (QED) is 0.489. The summed E-state index contributed by atoms with van der Waals surface area (Å²) in [6.07, 6.45) is 0. The summed E-state index contributed by atoms with van der Waals surface area (Å²) in [5, 5.41) is 12.9. The number of hydrogen-bond acceptors (Lipinski definition) is 7. The predicted octanol–water partition coefficient (Wildman–Crippen LogP) is 5.25. The summed E-state index contributed by atoms with van der Waals surface area (Å²) in [4.78, 5) is 14.4. The van der Waals surface area contributed by atoms with Crippen molar-refractivity contribution in [1.29, 1.82) is 0 Å². The Morgan fingerprint density at radius 3 is 2.26 bits per heavy atom. The highest BCUT2D eigenvalue weighted by molar-refractivity contribution is 6.37. The number of fused-ring (bicyclic) bond motifs is 2. The minimum absolute atomic E-state index is 0.0315. The van der Waals surface area contributed by atoms with Crippen molar-refractivity contribution >= 4 is 40.5 Å². The summed E-state index contributed by atoms with van der Waals surface area (Å²) in [6.45, 7) is 2.36. The van der Waals surface area contributed by atoms with Crippen LogP contribution >= 0.6 is 23.2 Å². The minimum Gasteiger partial charge on any atom is -0.505 e. The van der Waals surface area contributed by atoms with Gasteiger partial charge in [-0.15, -0.1) is 0 Å². The van der Waals surface area contributed by atoms with E-state index in [0.29, 0.717) is 35.9 Å². The molecule has 0 saturated carbocycles. The van der Waals surface area contributed by atoms with Gasteiger partial charge in [-0.05, 0) is 36.4 Å². The van der Waals surface area contributed by atoms with E-state index in [4.69, 9.17) is 42.1 Å². The number of rotatable bonds is 3. The molecular formula is C25H24Cl2N2O6. The number of carbonyl (C=O) groups excluding carboxylic acids is 1. The molecule has 3 aromatic carbocycles. The number of hydrogen-bond donors (Lipinski definition) is 2. The van der Waals surface area contributed by atoms with Crippen molar-refractivity contribution in [3.05, 3.63) is 64.1 Å². The van der Waals surface area contributed by atoms with Crippen molar-refractivity contribution in [3.8, 4) is 28.7 Å². The fourth-order valence-electron chi connectivity index (χ4n) is 3.62. The lowest BCUT2D eigenvalue weighted by atomic mass is 10.1. The Bertz CT molecular complexity index is 1210. The topological polar surface area (TPSA) is 89.5 Å². The zero-order valence-electron chi connectivity index (χ0n) is 19.1. The van der Waals surface area contributed by atoms with Gasteiger partial charge >= 0.3 is 0 Å². The first kappa shape index (κ1) is 24.6. The molecule has 0 atom stereocenters. The summed E-state index contributed by atoms with van der Waals surface area (Å²) >= 11 is 11.8. The standard InChI is InChI=1S/C16H13Cl2NO4.C9H11NO2/c1-22-10-2-3-13-14(8-10)23-5-4-19(13)16(21)9-6-11(17)15(20)12(18)7-9;1-11-7-2-3-8-9(6-7)12-5-4-10-8/h2-3,6-8,20H,4-5H2,1H3;2-3,6,10H,4-5H2,1H3. The van der Waals surface area contributed by atoms with Gasteiger partial charge in [-0.25, -0.2) is 0 Å². The molecule has 2 N–H and O–H groups in total. The van der Waals surface area contributed by atoms with Gasteiger partial charge in [0.05, 0.1) is 42.2 Å². The minimum atomic E-state index is -0.275. The van der Waals surface area contributed by atoms with E-state index < -0.39 is 0 Å². The molecule has 35 heavy (non-hydrogen) atoms. The van der Waals surface area contributed by atoms with Crippen molar-refractivity contribution in [2.24, 2.45) is 0 Å². The molecule has 2 aliphatic heterocycles. The van der Waals surface area contributed by atoms with Gasteiger partial charge in [-0.3, -0.25) is 4.79 Å². The van der Waals surface area contributed by atoms with Gasteiger partial charge in [-0.1, -0.05) is 23.2 Å². The molecule has 1 amide bonds. The second-order valence-electron chi connectivity index (χ2n) is 7.56. The van der Waals surface area contributed by atoms with Gasteiger partial charge in [0.25, 0.3) is 5.91 Å². The van der Waals surface area contributed by atoms with Crippen molar-refractivity contribution in [2.75, 3.05) is 50.7 Å². The van der Waals surface area contributed by atoms with Gasteiger partial charge < -0.3 is 34.3 Å². The summed E-state index contributed by atoms with van der Waals surface area (Å²) in [5.41, 5.74) is 1.98. The lowest BCUT2D eigenvalue weighted by molar-refractivity contribution is 0.0976. The second-order valence-corrected chi connectivity index (χ2v) is 8.38. The van der Waals surface area contributed by atoms with Crippen LogP contribution in [-0.2, 0) is 0 Å². The molecule has 5 rings (SSSR count). The predicted molar refractivity (Wildman–Crippen MR) is 135 cm³/mol. The van der Waals surface area contributed by atoms with Crippen LogP contribution in [0.5, 0.6) is 28.7 Å². The molecule has 3 aromatic rings. The van der Waals surface area contributed by atoms with E-state index >= 15 is 0 Å². The molecule has 184 valence electrons. The largest absolute Gasteiger partial charge is 0.505 e. The van der Waals surface area contributed by atoms with Crippen LogP contribution in [0.4, 0.5) is 11.4 Å². The Balaban J connectivity index is 0.000000201. The molecule has 8 nitrogen and oxygen atoms in total. The number of ether oxygens (including phenoxy) is 4. The highest BCUT2D eigenvalue weighted by Crippen LogP contribution is 2.37.